The van der Waals surface area contributed by atoms with Crippen molar-refractivity contribution in [3.8, 4) is 0 Å². The highest BCUT2D eigenvalue weighted by Crippen LogP contribution is 2.26. The first-order valence-electron chi connectivity index (χ1n) is 9.19. The summed E-state index contributed by atoms with van der Waals surface area (Å²) >= 11 is 0. The van der Waals surface area contributed by atoms with Gasteiger partial charge in [-0.1, -0.05) is 0 Å². The number of piperazine rings is 1. The fraction of sp³-hybridized carbons (Fsp3) is 0.526. The van der Waals surface area contributed by atoms with Crippen molar-refractivity contribution in [3.05, 3.63) is 34.9 Å². The number of halogens is 1. The van der Waals surface area contributed by atoms with E-state index in [-0.39, 0.29) is 48.8 Å². The van der Waals surface area contributed by atoms with Crippen LogP contribution < -0.4 is 5.32 Å². The van der Waals surface area contributed by atoms with Gasteiger partial charge < -0.3 is 15.0 Å². The van der Waals surface area contributed by atoms with Crippen molar-refractivity contribution in [1.29, 1.82) is 0 Å². The number of ether oxygens (including phenoxy) is 1. The molecule has 3 heterocycles. The Hall–Kier alpha value is -1.96. The molecule has 0 bridgehead atoms. The Balaban J connectivity index is 0.00000210. The first-order chi connectivity index (χ1) is 12.5. The third-order valence-corrected chi connectivity index (χ3v) is 5.28. The summed E-state index contributed by atoms with van der Waals surface area (Å²) in [6.07, 6.45) is 1.73. The van der Waals surface area contributed by atoms with Crippen LogP contribution in [-0.2, 0) is 4.74 Å². The molecule has 27 heavy (non-hydrogen) atoms. The van der Waals surface area contributed by atoms with Gasteiger partial charge in [0, 0.05) is 37.8 Å². The zero-order chi connectivity index (χ0) is 18.3. The zero-order valence-corrected chi connectivity index (χ0v) is 16.1. The molecule has 3 amide bonds. The van der Waals surface area contributed by atoms with Crippen LogP contribution >= 0.6 is 12.4 Å². The van der Waals surface area contributed by atoms with E-state index in [1.165, 1.54) is 4.90 Å². The summed E-state index contributed by atoms with van der Waals surface area (Å²) in [6, 6.07) is 5.06. The van der Waals surface area contributed by atoms with Crippen LogP contribution in [0.1, 0.15) is 50.8 Å². The minimum atomic E-state index is -0.330. The number of hydrogen-bond acceptors (Lipinski definition) is 5. The average Bonchev–Trinajstić information content (AvgIpc) is 3.24. The Kier molecular flexibility index (Phi) is 5.83. The minimum absolute atomic E-state index is 0. The van der Waals surface area contributed by atoms with E-state index >= 15 is 0 Å². The van der Waals surface area contributed by atoms with Gasteiger partial charge in [-0.2, -0.15) is 0 Å². The van der Waals surface area contributed by atoms with E-state index < -0.39 is 0 Å². The maximum Gasteiger partial charge on any atom is 0.261 e. The van der Waals surface area contributed by atoms with Gasteiger partial charge >= 0.3 is 0 Å². The molecule has 2 unspecified atom stereocenters. The summed E-state index contributed by atoms with van der Waals surface area (Å²) < 4.78 is 5.55. The number of carbonyl (C=O) groups excluding carboxylic acids is 3. The summed E-state index contributed by atoms with van der Waals surface area (Å²) in [5.41, 5.74) is 1.15. The fourth-order valence-electron chi connectivity index (χ4n) is 3.88. The van der Waals surface area contributed by atoms with Crippen LogP contribution in [0.15, 0.2) is 18.2 Å². The monoisotopic (exact) mass is 393 g/mol. The predicted octanol–water partition coefficient (Wildman–Crippen LogP) is 1.32. The third kappa shape index (κ3) is 3.72. The number of imide groups is 1. The Bertz CT molecular complexity index is 763. The lowest BCUT2D eigenvalue weighted by Crippen LogP contribution is -2.51. The topological polar surface area (TPSA) is 79.0 Å². The number of rotatable bonds is 3. The molecule has 0 saturated carbocycles. The Morgan fingerprint density at radius 3 is 2.74 bits per heavy atom. The van der Waals surface area contributed by atoms with Crippen LogP contribution in [0, 0.1) is 0 Å². The van der Waals surface area contributed by atoms with E-state index in [1.807, 2.05) is 6.92 Å². The number of nitrogens with zero attached hydrogens (tertiary/aromatic N) is 2. The molecular weight excluding hydrogens is 370 g/mol. The second kappa shape index (κ2) is 7.96. The molecule has 0 aromatic heterocycles. The average molecular weight is 394 g/mol. The molecule has 3 aliphatic heterocycles. The zero-order valence-electron chi connectivity index (χ0n) is 15.3. The maximum atomic E-state index is 12.8. The second-order valence-corrected chi connectivity index (χ2v) is 7.22. The van der Waals surface area contributed by atoms with Crippen LogP contribution in [0.3, 0.4) is 0 Å². The van der Waals surface area contributed by atoms with Gasteiger partial charge in [0.2, 0.25) is 0 Å². The summed E-state index contributed by atoms with van der Waals surface area (Å²) in [5, 5.41) is 3.30. The number of benzene rings is 1. The molecule has 1 aromatic carbocycles. The predicted molar refractivity (Wildman–Crippen MR) is 101 cm³/mol. The Morgan fingerprint density at radius 2 is 2.04 bits per heavy atom. The minimum Gasteiger partial charge on any atom is -0.376 e. The first kappa shape index (κ1) is 19.8. The van der Waals surface area contributed by atoms with Crippen molar-refractivity contribution in [2.75, 3.05) is 32.8 Å². The highest BCUT2D eigenvalue weighted by Gasteiger charge is 2.38. The second-order valence-electron chi connectivity index (χ2n) is 7.22. The van der Waals surface area contributed by atoms with E-state index in [0.29, 0.717) is 36.4 Å². The van der Waals surface area contributed by atoms with Gasteiger partial charge in [-0.15, -0.1) is 12.4 Å². The lowest BCUT2D eigenvalue weighted by molar-refractivity contribution is 0.0475. The normalized spacial score (nSPS) is 24.8. The van der Waals surface area contributed by atoms with Gasteiger partial charge in [0.15, 0.2) is 0 Å². The van der Waals surface area contributed by atoms with Crippen molar-refractivity contribution >= 4 is 30.1 Å². The molecule has 2 atom stereocenters. The maximum absolute atomic E-state index is 12.8. The van der Waals surface area contributed by atoms with Gasteiger partial charge in [0.1, 0.15) is 0 Å². The van der Waals surface area contributed by atoms with Crippen LogP contribution in [0.25, 0.3) is 0 Å². The molecule has 0 aliphatic carbocycles. The van der Waals surface area contributed by atoms with Crippen LogP contribution in [0.5, 0.6) is 0 Å². The molecule has 0 spiro atoms. The van der Waals surface area contributed by atoms with Gasteiger partial charge in [-0.3, -0.25) is 19.3 Å². The van der Waals surface area contributed by atoms with E-state index in [1.54, 1.807) is 23.1 Å². The summed E-state index contributed by atoms with van der Waals surface area (Å²) in [5.74, 6) is -0.724. The number of fused-ring (bicyclic) bond motifs is 1. The molecule has 146 valence electrons. The van der Waals surface area contributed by atoms with Crippen molar-refractivity contribution in [2.45, 2.75) is 31.9 Å². The number of hydrogen-bond donors (Lipinski definition) is 1. The van der Waals surface area contributed by atoms with Crippen LogP contribution in [0.4, 0.5) is 0 Å². The van der Waals surface area contributed by atoms with E-state index in [4.69, 9.17) is 4.74 Å². The lowest BCUT2D eigenvalue weighted by atomic mass is 10.0. The molecule has 2 fully saturated rings. The first-order valence-corrected chi connectivity index (χ1v) is 9.19. The van der Waals surface area contributed by atoms with Gasteiger partial charge in [0.25, 0.3) is 17.7 Å². The van der Waals surface area contributed by atoms with Crippen LogP contribution in [-0.4, -0.2) is 72.5 Å². The Morgan fingerprint density at radius 1 is 1.26 bits per heavy atom. The largest absolute Gasteiger partial charge is 0.376 e. The van der Waals surface area contributed by atoms with E-state index in [9.17, 15) is 14.4 Å². The third-order valence-electron chi connectivity index (χ3n) is 5.28. The molecule has 7 nitrogen and oxygen atoms in total. The highest BCUT2D eigenvalue weighted by atomic mass is 35.5. The molecular formula is C19H24ClN3O4. The van der Waals surface area contributed by atoms with Gasteiger partial charge in [0.05, 0.1) is 23.8 Å². The number of amides is 3. The van der Waals surface area contributed by atoms with Gasteiger partial charge in [-0.25, -0.2) is 0 Å². The molecule has 3 aliphatic rings. The molecule has 0 radical (unpaired) electrons. The molecule has 4 rings (SSSR count). The quantitative estimate of drug-likeness (QED) is 0.783. The lowest BCUT2D eigenvalue weighted by Gasteiger charge is -2.32. The van der Waals surface area contributed by atoms with Crippen LogP contribution in [0.2, 0.25) is 0 Å². The molecule has 1 aromatic rings. The van der Waals surface area contributed by atoms with Crippen molar-refractivity contribution < 1.29 is 19.1 Å². The van der Waals surface area contributed by atoms with Crippen molar-refractivity contribution in [3.63, 3.8) is 0 Å². The smallest absolute Gasteiger partial charge is 0.261 e. The number of nitrogens with one attached hydrogen (secondary N) is 1. The summed E-state index contributed by atoms with van der Waals surface area (Å²) in [7, 11) is 0. The van der Waals surface area contributed by atoms with Gasteiger partial charge in [-0.05, 0) is 38.0 Å². The van der Waals surface area contributed by atoms with Crippen molar-refractivity contribution in [1.82, 2.24) is 15.1 Å². The molecule has 2 saturated heterocycles. The summed E-state index contributed by atoms with van der Waals surface area (Å²) in [4.78, 5) is 41.1. The molecule has 8 heteroatoms. The standard InChI is InChI=1S/C19H23N3O4.ClH/c1-12-10-21(7-6-20-12)17(23)13-4-5-15-16(9-13)19(25)22(18(15)24)11-14-3-2-8-26-14;/h4-5,9,12,14,20H,2-3,6-8,10-11H2,1H3;1H. The fourth-order valence-corrected chi connectivity index (χ4v) is 3.88. The summed E-state index contributed by atoms with van der Waals surface area (Å²) in [6.45, 7) is 5.02. The number of carbonyl (C=O) groups is 3. The SMILES string of the molecule is CC1CN(C(=O)c2ccc3c(c2)C(=O)N(CC2CCCO2)C3=O)CCN1.Cl. The van der Waals surface area contributed by atoms with Crippen molar-refractivity contribution in [2.24, 2.45) is 0 Å². The van der Waals surface area contributed by atoms with E-state index in [2.05, 4.69) is 5.32 Å². The Labute approximate surface area is 164 Å². The van der Waals surface area contributed by atoms with E-state index in [0.717, 1.165) is 19.4 Å². The molecule has 1 N–H and O–H groups in total. The highest BCUT2D eigenvalue weighted by molar-refractivity contribution is 6.22.